The van der Waals surface area contributed by atoms with Crippen molar-refractivity contribution in [3.63, 3.8) is 0 Å². The Bertz CT molecular complexity index is 709. The summed E-state index contributed by atoms with van der Waals surface area (Å²) in [5.41, 5.74) is -0.0372. The van der Waals surface area contributed by atoms with Crippen LogP contribution in [-0.4, -0.2) is 16.9 Å². The third kappa shape index (κ3) is 3.11. The number of ether oxygens (including phenoxy) is 1. The molecule has 0 N–H and O–H groups in total. The van der Waals surface area contributed by atoms with Crippen LogP contribution in [0.15, 0.2) is 48.5 Å². The molecule has 0 aliphatic rings. The van der Waals surface area contributed by atoms with Crippen LogP contribution in [0.5, 0.6) is 0 Å². The van der Waals surface area contributed by atoms with Gasteiger partial charge in [0, 0.05) is 6.07 Å². The number of aryl methyl sites for hydroxylation is 1. The summed E-state index contributed by atoms with van der Waals surface area (Å²) in [5.74, 6) is -1.88. The second-order valence-corrected chi connectivity index (χ2v) is 4.27. The van der Waals surface area contributed by atoms with Crippen LogP contribution >= 0.6 is 0 Å². The normalized spacial score (nSPS) is 9.95. The monoisotopic (exact) mass is 285 g/mol. The molecule has 0 saturated carbocycles. The zero-order chi connectivity index (χ0) is 15.4. The third-order valence-corrected chi connectivity index (χ3v) is 2.85. The number of rotatable bonds is 3. The maximum Gasteiger partial charge on any atom is 0.353 e. The van der Waals surface area contributed by atoms with E-state index in [0.717, 1.165) is 0 Å². The molecule has 0 fully saturated rings. The van der Waals surface area contributed by atoms with Crippen molar-refractivity contribution in [3.05, 3.63) is 75.3 Å². The van der Waals surface area contributed by atoms with Gasteiger partial charge in [0.15, 0.2) is 0 Å². The number of nitrogens with zero attached hydrogens (tertiary/aromatic N) is 1. The number of carbonyl (C=O) groups excluding carboxylic acids is 2. The lowest BCUT2D eigenvalue weighted by molar-refractivity contribution is -0.385. The van der Waals surface area contributed by atoms with Crippen molar-refractivity contribution in [2.24, 2.45) is 0 Å². The molecule has 0 amide bonds. The van der Waals surface area contributed by atoms with Crippen molar-refractivity contribution >= 4 is 17.6 Å². The van der Waals surface area contributed by atoms with Crippen molar-refractivity contribution in [3.8, 4) is 0 Å². The van der Waals surface area contributed by atoms with Crippen molar-refractivity contribution in [1.82, 2.24) is 0 Å². The number of carbonyl (C=O) groups is 2. The molecule has 0 spiro atoms. The number of benzene rings is 2. The molecule has 0 aliphatic heterocycles. The average molecular weight is 285 g/mol. The number of hydrogen-bond donors (Lipinski definition) is 0. The zero-order valence-electron chi connectivity index (χ0n) is 11.1. The molecule has 2 aromatic carbocycles. The van der Waals surface area contributed by atoms with E-state index in [4.69, 9.17) is 4.74 Å². The summed E-state index contributed by atoms with van der Waals surface area (Å²) in [6.45, 7) is 1.54. The molecule has 106 valence electrons. The van der Waals surface area contributed by atoms with Gasteiger partial charge < -0.3 is 4.74 Å². The van der Waals surface area contributed by atoms with E-state index in [-0.39, 0.29) is 16.8 Å². The predicted molar refractivity (Wildman–Crippen MR) is 74.0 cm³/mol. The molecule has 0 bridgehead atoms. The lowest BCUT2D eigenvalue weighted by Crippen LogP contribution is -2.15. The topological polar surface area (TPSA) is 86.5 Å². The fraction of sp³-hybridized carbons (Fsp3) is 0.0667. The summed E-state index contributed by atoms with van der Waals surface area (Å²) in [7, 11) is 0. The largest absolute Gasteiger partial charge is 0.386 e. The highest BCUT2D eigenvalue weighted by molar-refractivity contribution is 6.05. The lowest BCUT2D eigenvalue weighted by atomic mass is 10.1. The first-order valence-corrected chi connectivity index (χ1v) is 6.06. The molecule has 21 heavy (non-hydrogen) atoms. The maximum atomic E-state index is 12.0. The Balaban J connectivity index is 2.30. The SMILES string of the molecule is Cc1cccc([N+](=O)[O-])c1C(=O)OC(=O)c1ccccc1. The molecule has 0 saturated heterocycles. The lowest BCUT2D eigenvalue weighted by Gasteiger charge is -2.06. The molecule has 6 nitrogen and oxygen atoms in total. The molecule has 6 heteroatoms. The van der Waals surface area contributed by atoms with Crippen LogP contribution in [0.2, 0.25) is 0 Å². The first-order valence-electron chi connectivity index (χ1n) is 6.06. The summed E-state index contributed by atoms with van der Waals surface area (Å²) < 4.78 is 4.71. The standard InChI is InChI=1S/C15H11NO5/c1-10-6-5-9-12(16(19)20)13(10)15(18)21-14(17)11-7-3-2-4-8-11/h2-9H,1H3. The van der Waals surface area contributed by atoms with E-state index in [0.29, 0.717) is 5.56 Å². The van der Waals surface area contributed by atoms with E-state index >= 15 is 0 Å². The predicted octanol–water partition coefficient (Wildman–Crippen LogP) is 2.90. The van der Waals surface area contributed by atoms with Gasteiger partial charge >= 0.3 is 11.9 Å². The molecular weight excluding hydrogens is 274 g/mol. The molecule has 2 aromatic rings. The Hall–Kier alpha value is -3.02. The van der Waals surface area contributed by atoms with Gasteiger partial charge in [-0.05, 0) is 24.6 Å². The van der Waals surface area contributed by atoms with E-state index in [1.165, 1.54) is 37.3 Å². The highest BCUT2D eigenvalue weighted by atomic mass is 16.6. The summed E-state index contributed by atoms with van der Waals surface area (Å²) in [4.78, 5) is 34.1. The summed E-state index contributed by atoms with van der Waals surface area (Å²) in [6.07, 6.45) is 0. The van der Waals surface area contributed by atoms with Crippen molar-refractivity contribution in [2.75, 3.05) is 0 Å². The quantitative estimate of drug-likeness (QED) is 0.374. The minimum atomic E-state index is -1.03. The van der Waals surface area contributed by atoms with Crippen LogP contribution < -0.4 is 0 Å². The molecule has 0 heterocycles. The van der Waals surface area contributed by atoms with Gasteiger partial charge in [0.25, 0.3) is 5.69 Å². The van der Waals surface area contributed by atoms with Gasteiger partial charge in [0.1, 0.15) is 5.56 Å². The maximum absolute atomic E-state index is 12.0. The van der Waals surface area contributed by atoms with E-state index in [2.05, 4.69) is 0 Å². The number of esters is 2. The second-order valence-electron chi connectivity index (χ2n) is 4.27. The second kappa shape index (κ2) is 5.96. The van der Waals surface area contributed by atoms with Crippen LogP contribution in [0.25, 0.3) is 0 Å². The van der Waals surface area contributed by atoms with Crippen molar-refractivity contribution in [2.45, 2.75) is 6.92 Å². The van der Waals surface area contributed by atoms with Crippen LogP contribution in [0, 0.1) is 17.0 Å². The minimum Gasteiger partial charge on any atom is -0.386 e. The van der Waals surface area contributed by atoms with Crippen LogP contribution in [0.4, 0.5) is 5.69 Å². The average Bonchev–Trinajstić information content (AvgIpc) is 2.47. The van der Waals surface area contributed by atoms with Crippen molar-refractivity contribution < 1.29 is 19.2 Å². The molecule has 0 unspecified atom stereocenters. The Morgan fingerprint density at radius 1 is 1.00 bits per heavy atom. The van der Waals surface area contributed by atoms with E-state index in [9.17, 15) is 19.7 Å². The first-order chi connectivity index (χ1) is 10.0. The fourth-order valence-electron chi connectivity index (χ4n) is 1.84. The van der Waals surface area contributed by atoms with Gasteiger partial charge in [-0.25, -0.2) is 9.59 Å². The van der Waals surface area contributed by atoms with E-state index < -0.39 is 16.9 Å². The Labute approximate surface area is 120 Å². The van der Waals surface area contributed by atoms with Gasteiger partial charge in [-0.3, -0.25) is 10.1 Å². The van der Waals surface area contributed by atoms with Gasteiger partial charge in [-0.1, -0.05) is 30.3 Å². The summed E-state index contributed by atoms with van der Waals surface area (Å²) in [6, 6.07) is 12.1. The number of nitro benzene ring substituents is 1. The third-order valence-electron chi connectivity index (χ3n) is 2.85. The van der Waals surface area contributed by atoms with Gasteiger partial charge in [-0.15, -0.1) is 0 Å². The zero-order valence-corrected chi connectivity index (χ0v) is 11.1. The van der Waals surface area contributed by atoms with Crippen molar-refractivity contribution in [1.29, 1.82) is 0 Å². The van der Waals surface area contributed by atoms with Gasteiger partial charge in [0.05, 0.1) is 10.5 Å². The molecule has 0 aliphatic carbocycles. The molecule has 0 atom stereocenters. The summed E-state index contributed by atoms with van der Waals surface area (Å²) >= 11 is 0. The minimum absolute atomic E-state index is 0.196. The molecule has 0 radical (unpaired) electrons. The highest BCUT2D eigenvalue weighted by Gasteiger charge is 2.25. The van der Waals surface area contributed by atoms with E-state index in [1.807, 2.05) is 0 Å². The Morgan fingerprint density at radius 2 is 1.67 bits per heavy atom. The summed E-state index contributed by atoms with van der Waals surface area (Å²) in [5, 5.41) is 10.9. The molecule has 2 rings (SSSR count). The van der Waals surface area contributed by atoms with Crippen LogP contribution in [0.1, 0.15) is 26.3 Å². The highest BCUT2D eigenvalue weighted by Crippen LogP contribution is 2.23. The Kier molecular flexibility index (Phi) is 4.08. The smallest absolute Gasteiger partial charge is 0.353 e. The fourth-order valence-corrected chi connectivity index (χ4v) is 1.84. The molecule has 0 aromatic heterocycles. The number of hydrogen-bond acceptors (Lipinski definition) is 5. The first kappa shape index (κ1) is 14.4. The van der Waals surface area contributed by atoms with Gasteiger partial charge in [0.2, 0.25) is 0 Å². The van der Waals surface area contributed by atoms with Crippen LogP contribution in [0.3, 0.4) is 0 Å². The Morgan fingerprint density at radius 3 is 2.29 bits per heavy atom. The van der Waals surface area contributed by atoms with Gasteiger partial charge in [-0.2, -0.15) is 0 Å². The van der Waals surface area contributed by atoms with Crippen LogP contribution in [-0.2, 0) is 4.74 Å². The number of nitro groups is 1. The van der Waals surface area contributed by atoms with E-state index in [1.54, 1.807) is 18.2 Å². The molecular formula is C15H11NO5.